The highest BCUT2D eigenvalue weighted by atomic mass is 16.5. The smallest absolute Gasteiger partial charge is 0.222 e. The number of aromatic nitrogens is 1. The molecule has 2 rings (SSSR count). The quantitative estimate of drug-likeness (QED) is 0.821. The number of anilines is 2. The van der Waals surface area contributed by atoms with Crippen molar-refractivity contribution in [1.82, 2.24) is 4.98 Å². The summed E-state index contributed by atoms with van der Waals surface area (Å²) in [6, 6.07) is 10.3. The third kappa shape index (κ3) is 4.60. The largest absolute Gasteiger partial charge is 0.494 e. The van der Waals surface area contributed by atoms with Gasteiger partial charge < -0.3 is 15.4 Å². The SMILES string of the molecule is COc1ccccc1N=Nc1ccc(NC(C)=O)nc1NC(C)=O. The van der Waals surface area contributed by atoms with Gasteiger partial charge in [-0.25, -0.2) is 4.98 Å². The number of ether oxygens (including phenoxy) is 1. The topological polar surface area (TPSA) is 105 Å². The van der Waals surface area contributed by atoms with Crippen LogP contribution in [0.15, 0.2) is 46.6 Å². The first kappa shape index (κ1) is 17.1. The predicted molar refractivity (Wildman–Crippen MR) is 90.0 cm³/mol. The van der Waals surface area contributed by atoms with E-state index in [9.17, 15) is 9.59 Å². The van der Waals surface area contributed by atoms with Crippen molar-refractivity contribution in [1.29, 1.82) is 0 Å². The van der Waals surface area contributed by atoms with Crippen LogP contribution in [0.2, 0.25) is 0 Å². The summed E-state index contributed by atoms with van der Waals surface area (Å²) in [6.07, 6.45) is 0. The van der Waals surface area contributed by atoms with Gasteiger partial charge in [-0.05, 0) is 24.3 Å². The number of pyridine rings is 1. The summed E-state index contributed by atoms with van der Waals surface area (Å²) in [5, 5.41) is 13.4. The third-order valence-electron chi connectivity index (χ3n) is 2.82. The molecule has 1 heterocycles. The van der Waals surface area contributed by atoms with Gasteiger partial charge in [-0.15, -0.1) is 10.2 Å². The molecule has 2 N–H and O–H groups in total. The molecule has 0 atom stereocenters. The molecule has 1 aromatic carbocycles. The van der Waals surface area contributed by atoms with E-state index < -0.39 is 0 Å². The molecule has 0 saturated heterocycles. The fourth-order valence-electron chi connectivity index (χ4n) is 1.86. The van der Waals surface area contributed by atoms with Crippen LogP contribution >= 0.6 is 0 Å². The Morgan fingerprint density at radius 2 is 1.62 bits per heavy atom. The molecule has 0 fully saturated rings. The zero-order chi connectivity index (χ0) is 17.5. The lowest BCUT2D eigenvalue weighted by Crippen LogP contribution is -2.11. The minimum Gasteiger partial charge on any atom is -0.494 e. The molecule has 0 aliphatic rings. The van der Waals surface area contributed by atoms with E-state index in [4.69, 9.17) is 4.74 Å². The Kier molecular flexibility index (Phi) is 5.56. The third-order valence-corrected chi connectivity index (χ3v) is 2.82. The monoisotopic (exact) mass is 327 g/mol. The number of carbonyl (C=O) groups excluding carboxylic acids is 2. The van der Waals surface area contributed by atoms with E-state index in [0.717, 1.165) is 0 Å². The lowest BCUT2D eigenvalue weighted by molar-refractivity contribution is -0.115. The van der Waals surface area contributed by atoms with Crippen molar-refractivity contribution in [3.8, 4) is 5.75 Å². The van der Waals surface area contributed by atoms with Crippen LogP contribution in [0.5, 0.6) is 5.75 Å². The van der Waals surface area contributed by atoms with Crippen LogP contribution < -0.4 is 15.4 Å². The number of methoxy groups -OCH3 is 1. The number of azo groups is 1. The van der Waals surface area contributed by atoms with Gasteiger partial charge in [0.25, 0.3) is 0 Å². The summed E-state index contributed by atoms with van der Waals surface area (Å²) in [7, 11) is 1.54. The maximum absolute atomic E-state index is 11.3. The first-order valence-electron chi connectivity index (χ1n) is 7.10. The normalized spacial score (nSPS) is 10.5. The Morgan fingerprint density at radius 3 is 2.29 bits per heavy atom. The molecule has 124 valence electrons. The summed E-state index contributed by atoms with van der Waals surface area (Å²) < 4.78 is 5.20. The van der Waals surface area contributed by atoms with E-state index in [-0.39, 0.29) is 17.6 Å². The van der Waals surface area contributed by atoms with Crippen LogP contribution in [0.3, 0.4) is 0 Å². The molecular weight excluding hydrogens is 310 g/mol. The summed E-state index contributed by atoms with van der Waals surface area (Å²) in [5.74, 6) is 0.510. The molecule has 8 nitrogen and oxygen atoms in total. The van der Waals surface area contributed by atoms with Gasteiger partial charge in [0.1, 0.15) is 22.9 Å². The summed E-state index contributed by atoms with van der Waals surface area (Å²) in [6.45, 7) is 2.73. The van der Waals surface area contributed by atoms with Crippen molar-refractivity contribution in [2.45, 2.75) is 13.8 Å². The maximum atomic E-state index is 11.3. The van der Waals surface area contributed by atoms with Gasteiger partial charge in [0.2, 0.25) is 11.8 Å². The number of nitrogens with one attached hydrogen (secondary N) is 2. The Hall–Kier alpha value is -3.29. The highest BCUT2D eigenvalue weighted by Gasteiger charge is 2.09. The Bertz CT molecular complexity index is 789. The van der Waals surface area contributed by atoms with E-state index in [2.05, 4.69) is 25.8 Å². The number of nitrogens with zero attached hydrogens (tertiary/aromatic N) is 3. The van der Waals surface area contributed by atoms with Crippen molar-refractivity contribution in [2.24, 2.45) is 10.2 Å². The number of para-hydroxylation sites is 1. The molecule has 0 unspecified atom stereocenters. The molecule has 0 saturated carbocycles. The van der Waals surface area contributed by atoms with Crippen LogP contribution in [0.1, 0.15) is 13.8 Å². The van der Waals surface area contributed by atoms with E-state index >= 15 is 0 Å². The number of hydrogen-bond donors (Lipinski definition) is 2. The molecule has 2 aromatic rings. The van der Waals surface area contributed by atoms with Gasteiger partial charge in [-0.3, -0.25) is 9.59 Å². The lowest BCUT2D eigenvalue weighted by atomic mass is 10.3. The van der Waals surface area contributed by atoms with Gasteiger partial charge in [-0.1, -0.05) is 12.1 Å². The van der Waals surface area contributed by atoms with Crippen LogP contribution in [0.25, 0.3) is 0 Å². The molecular formula is C16H17N5O3. The van der Waals surface area contributed by atoms with Crippen LogP contribution in [-0.4, -0.2) is 23.9 Å². The second kappa shape index (κ2) is 7.82. The summed E-state index contributed by atoms with van der Waals surface area (Å²) in [5.41, 5.74) is 0.893. The number of hydrogen-bond acceptors (Lipinski definition) is 6. The van der Waals surface area contributed by atoms with Crippen LogP contribution in [0.4, 0.5) is 23.0 Å². The fraction of sp³-hybridized carbons (Fsp3) is 0.188. The van der Waals surface area contributed by atoms with E-state index in [1.54, 1.807) is 31.4 Å². The van der Waals surface area contributed by atoms with Crippen molar-refractivity contribution in [3.63, 3.8) is 0 Å². The lowest BCUT2D eigenvalue weighted by Gasteiger charge is -2.08. The predicted octanol–water partition coefficient (Wildman–Crippen LogP) is 3.42. The molecule has 0 spiro atoms. The summed E-state index contributed by atoms with van der Waals surface area (Å²) >= 11 is 0. The molecule has 2 amide bonds. The number of amides is 2. The zero-order valence-electron chi connectivity index (χ0n) is 13.5. The average molecular weight is 327 g/mol. The second-order valence-corrected chi connectivity index (χ2v) is 4.80. The fourth-order valence-corrected chi connectivity index (χ4v) is 1.86. The van der Waals surface area contributed by atoms with Gasteiger partial charge in [-0.2, -0.15) is 0 Å². The molecule has 1 aromatic heterocycles. The molecule has 0 aliphatic carbocycles. The second-order valence-electron chi connectivity index (χ2n) is 4.80. The van der Waals surface area contributed by atoms with Crippen molar-refractivity contribution < 1.29 is 14.3 Å². The van der Waals surface area contributed by atoms with E-state index in [0.29, 0.717) is 22.9 Å². The van der Waals surface area contributed by atoms with Gasteiger partial charge in [0.15, 0.2) is 5.82 Å². The highest BCUT2D eigenvalue weighted by Crippen LogP contribution is 2.31. The zero-order valence-corrected chi connectivity index (χ0v) is 13.5. The van der Waals surface area contributed by atoms with Crippen LogP contribution in [0, 0.1) is 0 Å². The Morgan fingerprint density at radius 1 is 0.958 bits per heavy atom. The minimum atomic E-state index is -0.309. The van der Waals surface area contributed by atoms with Crippen LogP contribution in [-0.2, 0) is 9.59 Å². The molecule has 24 heavy (non-hydrogen) atoms. The number of carbonyl (C=O) groups is 2. The Balaban J connectivity index is 2.35. The van der Waals surface area contributed by atoms with E-state index in [1.807, 2.05) is 12.1 Å². The summed E-state index contributed by atoms with van der Waals surface area (Å²) in [4.78, 5) is 26.6. The first-order chi connectivity index (χ1) is 11.5. The number of benzene rings is 1. The van der Waals surface area contributed by atoms with Gasteiger partial charge >= 0.3 is 0 Å². The van der Waals surface area contributed by atoms with Gasteiger partial charge in [0, 0.05) is 13.8 Å². The molecule has 0 bridgehead atoms. The minimum absolute atomic E-state index is 0.201. The first-order valence-corrected chi connectivity index (χ1v) is 7.10. The standard InChI is InChI=1S/C16H17N5O3/c1-10(22)17-15-9-8-13(16(19-15)18-11(2)23)21-20-12-6-4-5-7-14(12)24-3/h4-9H,1-3H3,(H2,17,18,19,22,23). The van der Waals surface area contributed by atoms with Gasteiger partial charge in [0.05, 0.1) is 7.11 Å². The molecule has 8 heteroatoms. The van der Waals surface area contributed by atoms with E-state index in [1.165, 1.54) is 13.8 Å². The van der Waals surface area contributed by atoms with Crippen molar-refractivity contribution in [2.75, 3.05) is 17.7 Å². The average Bonchev–Trinajstić information content (AvgIpc) is 2.53. The van der Waals surface area contributed by atoms with Crippen molar-refractivity contribution in [3.05, 3.63) is 36.4 Å². The molecule has 0 aliphatic heterocycles. The maximum Gasteiger partial charge on any atom is 0.222 e. The highest BCUT2D eigenvalue weighted by molar-refractivity contribution is 5.92. The number of rotatable bonds is 5. The van der Waals surface area contributed by atoms with Crippen molar-refractivity contribution >= 4 is 34.8 Å². The Labute approximate surface area is 139 Å². The molecule has 0 radical (unpaired) electrons.